The minimum Gasteiger partial charge on any atom is -0.366 e. The number of rotatable bonds is 4. The highest BCUT2D eigenvalue weighted by atomic mass is 35.5. The largest absolute Gasteiger partial charge is 0.366 e. The van der Waals surface area contributed by atoms with E-state index in [1.807, 2.05) is 54.6 Å². The molecule has 174 valence electrons. The van der Waals surface area contributed by atoms with E-state index in [9.17, 15) is 4.39 Å². The van der Waals surface area contributed by atoms with Crippen molar-refractivity contribution in [1.82, 2.24) is 15.1 Å². The van der Waals surface area contributed by atoms with Crippen LogP contribution in [0.1, 0.15) is 0 Å². The van der Waals surface area contributed by atoms with E-state index in [-0.39, 0.29) is 5.82 Å². The van der Waals surface area contributed by atoms with Gasteiger partial charge in [-0.15, -0.1) is 0 Å². The Balaban J connectivity index is 1.32. The molecule has 1 fully saturated rings. The zero-order valence-electron chi connectivity index (χ0n) is 18.7. The second kappa shape index (κ2) is 9.00. The normalized spacial score (nSPS) is 14.0. The summed E-state index contributed by atoms with van der Waals surface area (Å²) in [7, 11) is 0. The van der Waals surface area contributed by atoms with Crippen molar-refractivity contribution in [3.05, 3.63) is 89.7 Å². The summed E-state index contributed by atoms with van der Waals surface area (Å²) in [6.07, 6.45) is 0. The summed E-state index contributed by atoms with van der Waals surface area (Å²) >= 11 is 6.01. The molecule has 0 radical (unpaired) electrons. The average Bonchev–Trinajstić information content (AvgIpc) is 3.39. The predicted molar refractivity (Wildman–Crippen MR) is 136 cm³/mol. The maximum absolute atomic E-state index is 14.3. The lowest BCUT2D eigenvalue weighted by Crippen LogP contribution is -2.47. The molecular formula is C27H21ClFN5O. The summed E-state index contributed by atoms with van der Waals surface area (Å²) in [4.78, 5) is 13.9. The van der Waals surface area contributed by atoms with Gasteiger partial charge < -0.3 is 14.3 Å². The number of fused-ring (bicyclic) bond motifs is 1. The molecule has 0 saturated carbocycles. The van der Waals surface area contributed by atoms with Gasteiger partial charge in [-0.05, 0) is 48.5 Å². The van der Waals surface area contributed by atoms with Crippen molar-refractivity contribution in [3.8, 4) is 22.8 Å². The Bertz CT molecular complexity index is 1500. The summed E-state index contributed by atoms with van der Waals surface area (Å²) in [5.41, 5.74) is 3.14. The van der Waals surface area contributed by atoms with Crippen molar-refractivity contribution < 1.29 is 8.91 Å². The maximum atomic E-state index is 14.3. The van der Waals surface area contributed by atoms with E-state index in [2.05, 4.69) is 19.9 Å². The first kappa shape index (κ1) is 21.6. The fourth-order valence-corrected chi connectivity index (χ4v) is 4.56. The third-order valence-electron chi connectivity index (χ3n) is 6.26. The van der Waals surface area contributed by atoms with Crippen molar-refractivity contribution in [2.45, 2.75) is 0 Å². The fraction of sp³-hybridized carbons (Fsp3) is 0.148. The van der Waals surface area contributed by atoms with Crippen LogP contribution in [0.5, 0.6) is 0 Å². The number of pyridine rings is 1. The molecule has 0 bridgehead atoms. The lowest BCUT2D eigenvalue weighted by molar-refractivity contribution is 0.432. The van der Waals surface area contributed by atoms with Crippen LogP contribution in [0.15, 0.2) is 83.4 Å². The van der Waals surface area contributed by atoms with Crippen LogP contribution in [-0.2, 0) is 0 Å². The lowest BCUT2D eigenvalue weighted by atomic mass is 10.1. The number of nitrogens with zero attached hydrogens (tertiary/aromatic N) is 5. The first-order valence-corrected chi connectivity index (χ1v) is 11.8. The molecule has 1 saturated heterocycles. The summed E-state index contributed by atoms with van der Waals surface area (Å²) in [5.74, 6) is 1.57. The topological polar surface area (TPSA) is 58.3 Å². The smallest absolute Gasteiger partial charge is 0.259 e. The molecule has 1 aliphatic heterocycles. The molecule has 0 spiro atoms. The van der Waals surface area contributed by atoms with E-state index < -0.39 is 0 Å². The molecule has 8 heteroatoms. The Morgan fingerprint density at radius 2 is 1.51 bits per heavy atom. The number of anilines is 2. The van der Waals surface area contributed by atoms with E-state index in [0.29, 0.717) is 35.5 Å². The van der Waals surface area contributed by atoms with Gasteiger partial charge in [-0.1, -0.05) is 47.1 Å². The van der Waals surface area contributed by atoms with E-state index in [1.54, 1.807) is 18.2 Å². The molecule has 5 aromatic rings. The van der Waals surface area contributed by atoms with Gasteiger partial charge in [-0.25, -0.2) is 9.37 Å². The number of piperazine rings is 1. The predicted octanol–water partition coefficient (Wildman–Crippen LogP) is 6.07. The van der Waals surface area contributed by atoms with Gasteiger partial charge in [0.2, 0.25) is 5.82 Å². The van der Waals surface area contributed by atoms with Crippen LogP contribution in [0.3, 0.4) is 0 Å². The number of hydrogen-bond acceptors (Lipinski definition) is 6. The number of hydrogen-bond donors (Lipinski definition) is 0. The highest BCUT2D eigenvalue weighted by molar-refractivity contribution is 6.30. The van der Waals surface area contributed by atoms with Crippen LogP contribution in [-0.4, -0.2) is 41.3 Å². The molecule has 3 aromatic carbocycles. The standard InChI is InChI=1S/C27H21ClFN5O/c28-19-11-9-18(10-12-19)26-31-27(35-32-26)21-17-25(30-23-7-3-1-5-20(21)23)34-15-13-33(14-16-34)24-8-4-2-6-22(24)29/h1-12,17H,13-16H2. The van der Waals surface area contributed by atoms with Gasteiger partial charge in [0, 0.05) is 42.2 Å². The Hall–Kier alpha value is -3.97. The molecule has 6 rings (SSSR count). The third-order valence-corrected chi connectivity index (χ3v) is 6.51. The number of benzene rings is 3. The molecule has 3 heterocycles. The minimum atomic E-state index is -0.194. The molecule has 0 amide bonds. The SMILES string of the molecule is Fc1ccccc1N1CCN(c2cc(-c3nc(-c4ccc(Cl)cc4)no3)c3ccccc3n2)CC1. The van der Waals surface area contributed by atoms with Gasteiger partial charge in [0.25, 0.3) is 5.89 Å². The minimum absolute atomic E-state index is 0.194. The van der Waals surface area contributed by atoms with E-state index in [1.165, 1.54) is 6.07 Å². The highest BCUT2D eigenvalue weighted by Crippen LogP contribution is 2.32. The maximum Gasteiger partial charge on any atom is 0.259 e. The second-order valence-corrected chi connectivity index (χ2v) is 8.84. The average molecular weight is 486 g/mol. The quantitative estimate of drug-likeness (QED) is 0.308. The van der Waals surface area contributed by atoms with Crippen LogP contribution in [0.2, 0.25) is 5.02 Å². The molecule has 0 N–H and O–H groups in total. The molecule has 0 aliphatic carbocycles. The van der Waals surface area contributed by atoms with Crippen molar-refractivity contribution in [1.29, 1.82) is 0 Å². The Morgan fingerprint density at radius 3 is 2.31 bits per heavy atom. The van der Waals surface area contributed by atoms with Gasteiger partial charge in [0.15, 0.2) is 0 Å². The fourth-order valence-electron chi connectivity index (χ4n) is 4.43. The van der Waals surface area contributed by atoms with E-state index in [0.717, 1.165) is 40.9 Å². The zero-order valence-corrected chi connectivity index (χ0v) is 19.5. The summed E-state index contributed by atoms with van der Waals surface area (Å²) < 4.78 is 19.9. The van der Waals surface area contributed by atoms with Crippen molar-refractivity contribution >= 4 is 34.0 Å². The van der Waals surface area contributed by atoms with Crippen LogP contribution >= 0.6 is 11.6 Å². The number of aromatic nitrogens is 3. The summed E-state index contributed by atoms with van der Waals surface area (Å²) in [5, 5.41) is 5.78. The molecular weight excluding hydrogens is 465 g/mol. The van der Waals surface area contributed by atoms with Crippen LogP contribution < -0.4 is 9.80 Å². The van der Waals surface area contributed by atoms with Crippen LogP contribution in [0.25, 0.3) is 33.7 Å². The molecule has 35 heavy (non-hydrogen) atoms. The number of halogens is 2. The van der Waals surface area contributed by atoms with Gasteiger partial charge in [-0.2, -0.15) is 4.98 Å². The molecule has 0 unspecified atom stereocenters. The molecule has 0 atom stereocenters. The molecule has 1 aliphatic rings. The van der Waals surface area contributed by atoms with Crippen LogP contribution in [0, 0.1) is 5.82 Å². The second-order valence-electron chi connectivity index (χ2n) is 8.40. The van der Waals surface area contributed by atoms with Gasteiger partial charge in [0.05, 0.1) is 16.8 Å². The Kier molecular flexibility index (Phi) is 5.54. The van der Waals surface area contributed by atoms with Crippen molar-refractivity contribution in [2.24, 2.45) is 0 Å². The molecule has 6 nitrogen and oxygen atoms in total. The van der Waals surface area contributed by atoms with Crippen molar-refractivity contribution in [3.63, 3.8) is 0 Å². The van der Waals surface area contributed by atoms with E-state index >= 15 is 0 Å². The zero-order chi connectivity index (χ0) is 23.8. The Labute approximate surface area is 206 Å². The number of para-hydroxylation sites is 2. The van der Waals surface area contributed by atoms with Gasteiger partial charge >= 0.3 is 0 Å². The first-order valence-electron chi connectivity index (χ1n) is 11.4. The lowest BCUT2D eigenvalue weighted by Gasteiger charge is -2.37. The third kappa shape index (κ3) is 4.19. The van der Waals surface area contributed by atoms with E-state index in [4.69, 9.17) is 21.1 Å². The molecule has 2 aromatic heterocycles. The monoisotopic (exact) mass is 485 g/mol. The Morgan fingerprint density at radius 1 is 0.800 bits per heavy atom. The summed E-state index contributed by atoms with van der Waals surface area (Å²) in [6, 6.07) is 24.1. The summed E-state index contributed by atoms with van der Waals surface area (Å²) in [6.45, 7) is 2.84. The van der Waals surface area contributed by atoms with Gasteiger partial charge in [0.1, 0.15) is 11.6 Å². The van der Waals surface area contributed by atoms with Gasteiger partial charge in [-0.3, -0.25) is 0 Å². The highest BCUT2D eigenvalue weighted by Gasteiger charge is 2.22. The first-order chi connectivity index (χ1) is 17.2. The van der Waals surface area contributed by atoms with Crippen LogP contribution in [0.4, 0.5) is 15.9 Å². The van der Waals surface area contributed by atoms with Crippen molar-refractivity contribution in [2.75, 3.05) is 36.0 Å².